The standard InChI is InChI=1S/C18H21N3O4/c1-13(2)21(11-14-7-5-4-6-8-14)17(23)12-25-18(24)15-9-10-16(22)20(3)19-15/h4-10,13H,11-12H2,1-3H3. The van der Waals surface area contributed by atoms with Gasteiger partial charge in [0.2, 0.25) is 0 Å². The molecule has 25 heavy (non-hydrogen) atoms. The fourth-order valence-corrected chi connectivity index (χ4v) is 2.23. The third-order valence-electron chi connectivity index (χ3n) is 3.64. The molecule has 0 aliphatic carbocycles. The molecule has 0 fully saturated rings. The number of aryl methyl sites for hydroxylation is 1. The summed E-state index contributed by atoms with van der Waals surface area (Å²) in [7, 11) is 1.44. The van der Waals surface area contributed by atoms with Gasteiger partial charge in [0.25, 0.3) is 11.5 Å². The number of benzene rings is 1. The Kier molecular flexibility index (Phi) is 6.05. The van der Waals surface area contributed by atoms with Crippen molar-refractivity contribution in [1.82, 2.24) is 14.7 Å². The van der Waals surface area contributed by atoms with Crippen LogP contribution in [0.4, 0.5) is 0 Å². The Morgan fingerprint density at radius 2 is 1.84 bits per heavy atom. The van der Waals surface area contributed by atoms with Crippen molar-refractivity contribution in [1.29, 1.82) is 0 Å². The molecule has 7 nitrogen and oxygen atoms in total. The highest BCUT2D eigenvalue weighted by Gasteiger charge is 2.20. The second kappa shape index (κ2) is 8.23. The van der Waals surface area contributed by atoms with E-state index in [1.54, 1.807) is 4.90 Å². The lowest BCUT2D eigenvalue weighted by Gasteiger charge is -2.26. The van der Waals surface area contributed by atoms with E-state index in [9.17, 15) is 14.4 Å². The Morgan fingerprint density at radius 3 is 2.44 bits per heavy atom. The largest absolute Gasteiger partial charge is 0.451 e. The highest BCUT2D eigenvalue weighted by molar-refractivity contribution is 5.89. The third kappa shape index (κ3) is 5.00. The topological polar surface area (TPSA) is 81.5 Å². The van der Waals surface area contributed by atoms with E-state index in [1.807, 2.05) is 44.2 Å². The van der Waals surface area contributed by atoms with Gasteiger partial charge in [-0.25, -0.2) is 9.48 Å². The molecule has 1 aromatic carbocycles. The number of ether oxygens (including phenoxy) is 1. The Hall–Kier alpha value is -2.96. The molecule has 132 valence electrons. The van der Waals surface area contributed by atoms with Gasteiger partial charge >= 0.3 is 5.97 Å². The minimum absolute atomic E-state index is 0.0194. The molecule has 0 atom stereocenters. The number of hydrogen-bond acceptors (Lipinski definition) is 5. The Bertz CT molecular complexity index is 799. The first kappa shape index (κ1) is 18.4. The summed E-state index contributed by atoms with van der Waals surface area (Å²) in [6, 6.07) is 12.1. The van der Waals surface area contributed by atoms with E-state index in [0.29, 0.717) is 6.54 Å². The summed E-state index contributed by atoms with van der Waals surface area (Å²) in [6.45, 7) is 3.86. The Morgan fingerprint density at radius 1 is 1.16 bits per heavy atom. The van der Waals surface area contributed by atoms with Crippen molar-refractivity contribution in [3.05, 3.63) is 64.1 Å². The van der Waals surface area contributed by atoms with Crippen LogP contribution in [-0.2, 0) is 23.1 Å². The molecule has 7 heteroatoms. The Balaban J connectivity index is 1.99. The zero-order valence-corrected chi connectivity index (χ0v) is 14.5. The van der Waals surface area contributed by atoms with Gasteiger partial charge in [-0.2, -0.15) is 5.10 Å². The summed E-state index contributed by atoms with van der Waals surface area (Å²) in [4.78, 5) is 37.3. The molecule has 1 heterocycles. The molecule has 1 amide bonds. The van der Waals surface area contributed by atoms with Crippen LogP contribution in [0, 0.1) is 0 Å². The zero-order chi connectivity index (χ0) is 18.4. The molecule has 0 saturated carbocycles. The fraction of sp³-hybridized carbons (Fsp3) is 0.333. The van der Waals surface area contributed by atoms with E-state index in [-0.39, 0.29) is 29.8 Å². The van der Waals surface area contributed by atoms with Crippen LogP contribution in [0.1, 0.15) is 29.9 Å². The third-order valence-corrected chi connectivity index (χ3v) is 3.64. The molecule has 2 aromatic rings. The smallest absolute Gasteiger partial charge is 0.359 e. The van der Waals surface area contributed by atoms with Crippen molar-refractivity contribution >= 4 is 11.9 Å². The molecule has 0 N–H and O–H groups in total. The number of carbonyl (C=O) groups is 2. The van der Waals surface area contributed by atoms with Gasteiger partial charge in [-0.05, 0) is 25.5 Å². The summed E-state index contributed by atoms with van der Waals surface area (Å²) in [5, 5.41) is 3.80. The number of nitrogens with zero attached hydrogens (tertiary/aromatic N) is 3. The highest BCUT2D eigenvalue weighted by Crippen LogP contribution is 2.09. The molecule has 0 spiro atoms. The van der Waals surface area contributed by atoms with Gasteiger partial charge in [-0.1, -0.05) is 30.3 Å². The van der Waals surface area contributed by atoms with Crippen LogP contribution < -0.4 is 5.56 Å². The van der Waals surface area contributed by atoms with Crippen molar-refractivity contribution in [2.75, 3.05) is 6.61 Å². The van der Waals surface area contributed by atoms with Crippen molar-refractivity contribution in [2.24, 2.45) is 7.05 Å². The number of carbonyl (C=O) groups excluding carboxylic acids is 2. The normalized spacial score (nSPS) is 10.6. The second-order valence-corrected chi connectivity index (χ2v) is 5.86. The van der Waals surface area contributed by atoms with Crippen LogP contribution in [-0.4, -0.2) is 39.2 Å². The van der Waals surface area contributed by atoms with Gasteiger partial charge in [0.15, 0.2) is 12.3 Å². The SMILES string of the molecule is CC(C)N(Cc1ccccc1)C(=O)COC(=O)c1ccc(=O)n(C)n1. The maximum atomic E-state index is 12.4. The summed E-state index contributed by atoms with van der Waals surface area (Å²) in [5.74, 6) is -1.04. The summed E-state index contributed by atoms with van der Waals surface area (Å²) >= 11 is 0. The summed E-state index contributed by atoms with van der Waals surface area (Å²) in [5.41, 5.74) is 0.645. The van der Waals surface area contributed by atoms with E-state index < -0.39 is 5.97 Å². The van der Waals surface area contributed by atoms with E-state index in [2.05, 4.69) is 5.10 Å². The van der Waals surface area contributed by atoms with Crippen LogP contribution >= 0.6 is 0 Å². The molecule has 0 saturated heterocycles. The summed E-state index contributed by atoms with van der Waals surface area (Å²) in [6.07, 6.45) is 0. The maximum absolute atomic E-state index is 12.4. The average molecular weight is 343 g/mol. The van der Waals surface area contributed by atoms with Gasteiger partial charge in [-0.3, -0.25) is 9.59 Å². The molecule has 1 aromatic heterocycles. The van der Waals surface area contributed by atoms with Crippen molar-refractivity contribution < 1.29 is 14.3 Å². The number of rotatable bonds is 6. The molecule has 2 rings (SSSR count). The minimum Gasteiger partial charge on any atom is -0.451 e. The average Bonchev–Trinajstić information content (AvgIpc) is 2.60. The van der Waals surface area contributed by atoms with E-state index in [1.165, 1.54) is 19.2 Å². The van der Waals surface area contributed by atoms with E-state index >= 15 is 0 Å². The van der Waals surface area contributed by atoms with Gasteiger partial charge in [0.1, 0.15) is 0 Å². The van der Waals surface area contributed by atoms with Gasteiger partial charge in [-0.15, -0.1) is 0 Å². The number of amides is 1. The van der Waals surface area contributed by atoms with Gasteiger partial charge in [0, 0.05) is 25.7 Å². The lowest BCUT2D eigenvalue weighted by molar-refractivity contribution is -0.136. The second-order valence-electron chi connectivity index (χ2n) is 5.86. The van der Waals surface area contributed by atoms with Crippen molar-refractivity contribution in [2.45, 2.75) is 26.4 Å². The summed E-state index contributed by atoms with van der Waals surface area (Å²) < 4.78 is 6.08. The molecular weight excluding hydrogens is 322 g/mol. The number of esters is 1. The quantitative estimate of drug-likeness (QED) is 0.740. The fourth-order valence-electron chi connectivity index (χ4n) is 2.23. The van der Waals surface area contributed by atoms with Crippen LogP contribution in [0.5, 0.6) is 0 Å². The zero-order valence-electron chi connectivity index (χ0n) is 14.5. The van der Waals surface area contributed by atoms with Crippen LogP contribution in [0.3, 0.4) is 0 Å². The van der Waals surface area contributed by atoms with Gasteiger partial charge < -0.3 is 9.64 Å². The Labute approximate surface area is 145 Å². The first-order valence-corrected chi connectivity index (χ1v) is 7.93. The highest BCUT2D eigenvalue weighted by atomic mass is 16.5. The lowest BCUT2D eigenvalue weighted by atomic mass is 10.2. The molecule has 0 radical (unpaired) electrons. The number of aromatic nitrogens is 2. The predicted molar refractivity (Wildman–Crippen MR) is 91.9 cm³/mol. The van der Waals surface area contributed by atoms with Gasteiger partial charge in [0.05, 0.1) is 0 Å². The molecule has 0 aliphatic heterocycles. The number of hydrogen-bond donors (Lipinski definition) is 0. The van der Waals surface area contributed by atoms with Crippen molar-refractivity contribution in [3.8, 4) is 0 Å². The van der Waals surface area contributed by atoms with Crippen LogP contribution in [0.15, 0.2) is 47.3 Å². The monoisotopic (exact) mass is 343 g/mol. The van der Waals surface area contributed by atoms with Crippen LogP contribution in [0.2, 0.25) is 0 Å². The first-order chi connectivity index (χ1) is 11.9. The van der Waals surface area contributed by atoms with Crippen molar-refractivity contribution in [3.63, 3.8) is 0 Å². The minimum atomic E-state index is -0.743. The molecule has 0 aliphatic rings. The molecule has 0 unspecified atom stereocenters. The maximum Gasteiger partial charge on any atom is 0.359 e. The lowest BCUT2D eigenvalue weighted by Crippen LogP contribution is -2.39. The van der Waals surface area contributed by atoms with E-state index in [0.717, 1.165) is 10.2 Å². The predicted octanol–water partition coefficient (Wildman–Crippen LogP) is 1.37. The first-order valence-electron chi connectivity index (χ1n) is 7.93. The van der Waals surface area contributed by atoms with Crippen LogP contribution in [0.25, 0.3) is 0 Å². The van der Waals surface area contributed by atoms with E-state index in [4.69, 9.17) is 4.74 Å². The molecule has 0 bridgehead atoms. The molecular formula is C18H21N3O4.